The third-order valence-corrected chi connectivity index (χ3v) is 7.44. The predicted octanol–water partition coefficient (Wildman–Crippen LogP) is 4.95. The van der Waals surface area contributed by atoms with Crippen molar-refractivity contribution in [1.82, 2.24) is 5.32 Å². The Morgan fingerprint density at radius 1 is 0.739 bits per heavy atom. The van der Waals surface area contributed by atoms with Gasteiger partial charge in [0.15, 0.2) is 11.5 Å². The van der Waals surface area contributed by atoms with Crippen LogP contribution < -0.4 is 35.9 Å². The van der Waals surface area contributed by atoms with E-state index in [9.17, 15) is 19.2 Å². The first kappa shape index (κ1) is 33.1. The van der Waals surface area contributed by atoms with Crippen molar-refractivity contribution < 1.29 is 33.4 Å². The maximum Gasteiger partial charge on any atom is 0.272 e. The summed E-state index contributed by atoms with van der Waals surface area (Å²) in [6, 6.07) is 25.0. The number of nitrogens with two attached hydrogens (primary N) is 1. The van der Waals surface area contributed by atoms with Gasteiger partial charge in [-0.2, -0.15) is 0 Å². The molecule has 4 amide bonds. The Kier molecular flexibility index (Phi) is 11.4. The van der Waals surface area contributed by atoms with Crippen molar-refractivity contribution in [2.75, 3.05) is 37.7 Å². The second kappa shape index (κ2) is 15.8. The number of anilines is 2. The summed E-state index contributed by atoms with van der Waals surface area (Å²) in [5, 5.41) is 8.29. The van der Waals surface area contributed by atoms with E-state index in [-0.39, 0.29) is 17.4 Å². The lowest BCUT2D eigenvalue weighted by atomic mass is 10.1. The summed E-state index contributed by atoms with van der Waals surface area (Å²) >= 11 is 1.27. The van der Waals surface area contributed by atoms with Crippen molar-refractivity contribution in [1.29, 1.82) is 0 Å². The lowest BCUT2D eigenvalue weighted by Gasteiger charge is -2.15. The highest BCUT2D eigenvalue weighted by Crippen LogP contribution is 2.38. The standard InChI is InChI=1S/C34H32N4O7S/c1-43-28-17-21(18-29(44-2)31(28)45-3)16-27(38-33(41)23-8-5-4-6-9-23)34(42)37-25-10-7-11-26(19-25)46-20-30(39)36-24-14-12-22(13-15-24)32(35)40/h4-19H,20H2,1-3H3,(H2,35,40)(H,36,39)(H,37,42)(H,38,41)/b27-16+. The molecule has 0 aromatic heterocycles. The van der Waals surface area contributed by atoms with Crippen molar-refractivity contribution in [3.8, 4) is 17.2 Å². The quantitative estimate of drug-likeness (QED) is 0.118. The third-order valence-electron chi connectivity index (χ3n) is 6.44. The van der Waals surface area contributed by atoms with E-state index in [1.807, 2.05) is 0 Å². The highest BCUT2D eigenvalue weighted by atomic mass is 32.2. The zero-order valence-electron chi connectivity index (χ0n) is 25.3. The van der Waals surface area contributed by atoms with Gasteiger partial charge in [0.1, 0.15) is 5.70 Å². The smallest absolute Gasteiger partial charge is 0.272 e. The first-order valence-electron chi connectivity index (χ1n) is 13.8. The Hall–Kier alpha value is -5.75. The van der Waals surface area contributed by atoms with Crippen LogP contribution in [0.1, 0.15) is 26.3 Å². The number of thioether (sulfide) groups is 1. The molecule has 0 aliphatic heterocycles. The van der Waals surface area contributed by atoms with Gasteiger partial charge < -0.3 is 35.9 Å². The third kappa shape index (κ3) is 8.89. The average molecular weight is 641 g/mol. The van der Waals surface area contributed by atoms with Crippen molar-refractivity contribution >= 4 is 52.8 Å². The summed E-state index contributed by atoms with van der Waals surface area (Å²) in [5.74, 6) is -0.656. The van der Waals surface area contributed by atoms with Crippen molar-refractivity contribution in [3.05, 3.63) is 113 Å². The largest absolute Gasteiger partial charge is 0.493 e. The minimum atomic E-state index is -0.586. The van der Waals surface area contributed by atoms with Crippen LogP contribution in [0.3, 0.4) is 0 Å². The van der Waals surface area contributed by atoms with Crippen LogP contribution in [0.4, 0.5) is 11.4 Å². The fraction of sp³-hybridized carbons (Fsp3) is 0.118. The molecule has 4 aromatic carbocycles. The number of hydrogen-bond donors (Lipinski definition) is 4. The molecule has 0 radical (unpaired) electrons. The number of methoxy groups -OCH3 is 3. The number of primary amides is 1. The molecule has 0 aliphatic carbocycles. The van der Waals surface area contributed by atoms with Crippen LogP contribution in [0, 0.1) is 0 Å². The van der Waals surface area contributed by atoms with E-state index >= 15 is 0 Å². The van der Waals surface area contributed by atoms with Crippen LogP contribution in [0.5, 0.6) is 17.2 Å². The van der Waals surface area contributed by atoms with Crippen LogP contribution in [-0.4, -0.2) is 50.7 Å². The number of rotatable bonds is 13. The SMILES string of the molecule is COc1cc(/C=C(/NC(=O)c2ccccc2)C(=O)Nc2cccc(SCC(=O)Nc3ccc(C(N)=O)cc3)c2)cc(OC)c1OC. The average Bonchev–Trinajstić information content (AvgIpc) is 3.07. The van der Waals surface area contributed by atoms with E-state index in [0.29, 0.717) is 45.3 Å². The highest BCUT2D eigenvalue weighted by molar-refractivity contribution is 8.00. The lowest BCUT2D eigenvalue weighted by Crippen LogP contribution is -2.30. The second-order valence-corrected chi connectivity index (χ2v) is 10.6. The summed E-state index contributed by atoms with van der Waals surface area (Å²) in [5.41, 5.74) is 7.41. The van der Waals surface area contributed by atoms with E-state index in [1.165, 1.54) is 51.3 Å². The Balaban J connectivity index is 1.51. The summed E-state index contributed by atoms with van der Waals surface area (Å²) in [4.78, 5) is 51.1. The molecular weight excluding hydrogens is 608 g/mol. The topological polar surface area (TPSA) is 158 Å². The Morgan fingerprint density at radius 2 is 1.41 bits per heavy atom. The maximum absolute atomic E-state index is 13.6. The van der Waals surface area contributed by atoms with Crippen LogP contribution in [0.25, 0.3) is 6.08 Å². The lowest BCUT2D eigenvalue weighted by molar-refractivity contribution is -0.114. The maximum atomic E-state index is 13.6. The molecule has 0 aliphatic rings. The minimum absolute atomic E-state index is 0.0390. The molecule has 0 unspecified atom stereocenters. The molecule has 4 rings (SSSR count). The molecule has 46 heavy (non-hydrogen) atoms. The molecule has 0 bridgehead atoms. The molecule has 0 fully saturated rings. The monoisotopic (exact) mass is 640 g/mol. The highest BCUT2D eigenvalue weighted by Gasteiger charge is 2.18. The Bertz CT molecular complexity index is 1730. The van der Waals surface area contributed by atoms with Gasteiger partial charge in [-0.1, -0.05) is 24.3 Å². The molecule has 0 atom stereocenters. The molecule has 236 valence electrons. The number of carbonyl (C=O) groups is 4. The zero-order chi connectivity index (χ0) is 33.1. The van der Waals surface area contributed by atoms with Crippen LogP contribution in [0.2, 0.25) is 0 Å². The van der Waals surface area contributed by atoms with Gasteiger partial charge in [-0.15, -0.1) is 11.8 Å². The number of amides is 4. The van der Waals surface area contributed by atoms with Crippen molar-refractivity contribution in [2.24, 2.45) is 5.73 Å². The second-order valence-electron chi connectivity index (χ2n) is 9.60. The number of hydrogen-bond acceptors (Lipinski definition) is 8. The van der Waals surface area contributed by atoms with E-state index in [4.69, 9.17) is 19.9 Å². The molecule has 0 saturated heterocycles. The van der Waals surface area contributed by atoms with E-state index in [2.05, 4.69) is 16.0 Å². The van der Waals surface area contributed by atoms with Gasteiger partial charge >= 0.3 is 0 Å². The molecule has 0 spiro atoms. The first-order chi connectivity index (χ1) is 22.2. The number of carbonyl (C=O) groups excluding carboxylic acids is 4. The number of nitrogens with one attached hydrogen (secondary N) is 3. The number of benzene rings is 4. The number of ether oxygens (including phenoxy) is 3. The van der Waals surface area contributed by atoms with Gasteiger partial charge in [-0.3, -0.25) is 19.2 Å². The molecule has 5 N–H and O–H groups in total. The zero-order valence-corrected chi connectivity index (χ0v) is 26.1. The van der Waals surface area contributed by atoms with Gasteiger partial charge in [0.2, 0.25) is 17.6 Å². The van der Waals surface area contributed by atoms with Gasteiger partial charge in [-0.25, -0.2) is 0 Å². The Labute approximate surface area is 270 Å². The van der Waals surface area contributed by atoms with Gasteiger partial charge in [-0.05, 0) is 78.4 Å². The van der Waals surface area contributed by atoms with E-state index in [1.54, 1.807) is 78.9 Å². The summed E-state index contributed by atoms with van der Waals surface area (Å²) in [7, 11) is 4.44. The van der Waals surface area contributed by atoms with Crippen LogP contribution in [-0.2, 0) is 9.59 Å². The van der Waals surface area contributed by atoms with Gasteiger partial charge in [0, 0.05) is 27.4 Å². The molecule has 0 heterocycles. The minimum Gasteiger partial charge on any atom is -0.493 e. The molecule has 0 saturated carbocycles. The summed E-state index contributed by atoms with van der Waals surface area (Å²) < 4.78 is 16.3. The fourth-order valence-corrected chi connectivity index (χ4v) is 4.97. The van der Waals surface area contributed by atoms with Crippen molar-refractivity contribution in [2.45, 2.75) is 4.90 Å². The first-order valence-corrected chi connectivity index (χ1v) is 14.8. The molecule has 11 nitrogen and oxygen atoms in total. The van der Waals surface area contributed by atoms with Gasteiger partial charge in [0.05, 0.1) is 27.1 Å². The van der Waals surface area contributed by atoms with Crippen LogP contribution >= 0.6 is 11.8 Å². The normalized spacial score (nSPS) is 10.8. The molecule has 12 heteroatoms. The predicted molar refractivity (Wildman–Crippen MR) is 177 cm³/mol. The fourth-order valence-electron chi connectivity index (χ4n) is 4.22. The van der Waals surface area contributed by atoms with Crippen LogP contribution in [0.15, 0.2) is 102 Å². The van der Waals surface area contributed by atoms with E-state index < -0.39 is 17.7 Å². The van der Waals surface area contributed by atoms with Crippen molar-refractivity contribution in [3.63, 3.8) is 0 Å². The molecule has 4 aromatic rings. The van der Waals surface area contributed by atoms with Gasteiger partial charge in [0.25, 0.3) is 11.8 Å². The summed E-state index contributed by atoms with van der Waals surface area (Å²) in [6.07, 6.45) is 1.50. The Morgan fingerprint density at radius 3 is 2.02 bits per heavy atom. The van der Waals surface area contributed by atoms with E-state index in [0.717, 1.165) is 4.90 Å². The summed E-state index contributed by atoms with van der Waals surface area (Å²) in [6.45, 7) is 0. The molecular formula is C34H32N4O7S.